The van der Waals surface area contributed by atoms with Crippen LogP contribution in [0, 0.1) is 11.8 Å². The standard InChI is InChI=1S/C26H46/c1-3-5-7-9-11-13-15-17-19-21-23-25-26-24-22-20-18-16-14-12-10-8-6-4-2/h19-22H,3-18,23-24H2,1-2H3/b21-19-,22-20-. The Morgan fingerprint density at radius 2 is 0.769 bits per heavy atom. The second-order valence-electron chi connectivity index (χ2n) is 7.52. The van der Waals surface area contributed by atoms with Gasteiger partial charge in [-0.2, -0.15) is 0 Å². The van der Waals surface area contributed by atoms with Crippen LogP contribution in [0.25, 0.3) is 0 Å². The molecule has 150 valence electrons. The van der Waals surface area contributed by atoms with Gasteiger partial charge in [-0.3, -0.25) is 0 Å². The van der Waals surface area contributed by atoms with E-state index in [-0.39, 0.29) is 0 Å². The smallest absolute Gasteiger partial charge is 0.0269 e. The Hall–Kier alpha value is -0.960. The molecule has 0 rings (SSSR count). The molecule has 0 unspecified atom stereocenters. The Kier molecular flexibility index (Phi) is 23.2. The Morgan fingerprint density at radius 1 is 0.423 bits per heavy atom. The highest BCUT2D eigenvalue weighted by Crippen LogP contribution is 2.09. The van der Waals surface area contributed by atoms with Crippen LogP contribution < -0.4 is 0 Å². The summed E-state index contributed by atoms with van der Waals surface area (Å²) in [5, 5.41) is 0. The Bertz CT molecular complexity index is 329. The molecule has 0 saturated carbocycles. The zero-order chi connectivity index (χ0) is 19.0. The molecule has 26 heavy (non-hydrogen) atoms. The summed E-state index contributed by atoms with van der Waals surface area (Å²) in [7, 11) is 0. The molecule has 0 aromatic carbocycles. The molecule has 0 aromatic rings. The van der Waals surface area contributed by atoms with Crippen molar-refractivity contribution in [1.29, 1.82) is 0 Å². The molecule has 0 aromatic heterocycles. The van der Waals surface area contributed by atoms with Crippen LogP contribution in [0.15, 0.2) is 24.3 Å². The topological polar surface area (TPSA) is 0 Å². The highest BCUT2D eigenvalue weighted by Gasteiger charge is 1.90. The molecule has 0 aliphatic carbocycles. The fourth-order valence-electron chi connectivity index (χ4n) is 3.10. The predicted octanol–water partition coefficient (Wildman–Crippen LogP) is 9.16. The highest BCUT2D eigenvalue weighted by molar-refractivity contribution is 5.08. The number of unbranched alkanes of at least 4 members (excludes halogenated alkanes) is 14. The molecular weight excluding hydrogens is 312 g/mol. The van der Waals surface area contributed by atoms with E-state index in [1.165, 1.54) is 103 Å². The van der Waals surface area contributed by atoms with E-state index in [2.05, 4.69) is 50.0 Å². The summed E-state index contributed by atoms with van der Waals surface area (Å²) in [6.07, 6.45) is 32.9. The molecule has 0 amide bonds. The van der Waals surface area contributed by atoms with Crippen molar-refractivity contribution >= 4 is 0 Å². The van der Waals surface area contributed by atoms with Crippen LogP contribution in [0.3, 0.4) is 0 Å². The van der Waals surface area contributed by atoms with Gasteiger partial charge in [-0.15, -0.1) is 0 Å². The van der Waals surface area contributed by atoms with Crippen molar-refractivity contribution in [2.75, 3.05) is 0 Å². The van der Waals surface area contributed by atoms with Gasteiger partial charge in [0.25, 0.3) is 0 Å². The van der Waals surface area contributed by atoms with Gasteiger partial charge in [-0.1, -0.05) is 127 Å². The van der Waals surface area contributed by atoms with Crippen LogP contribution in [0.1, 0.15) is 129 Å². The van der Waals surface area contributed by atoms with E-state index < -0.39 is 0 Å². The lowest BCUT2D eigenvalue weighted by Gasteiger charge is -1.98. The van der Waals surface area contributed by atoms with Crippen LogP contribution in [-0.4, -0.2) is 0 Å². The third-order valence-corrected chi connectivity index (χ3v) is 4.85. The quantitative estimate of drug-likeness (QED) is 0.130. The fraction of sp³-hybridized carbons (Fsp3) is 0.769. The van der Waals surface area contributed by atoms with Crippen molar-refractivity contribution in [1.82, 2.24) is 0 Å². The van der Waals surface area contributed by atoms with Gasteiger partial charge in [-0.05, 0) is 25.7 Å². The van der Waals surface area contributed by atoms with E-state index in [1.54, 1.807) is 0 Å². The highest BCUT2D eigenvalue weighted by atomic mass is 14.0. The third-order valence-electron chi connectivity index (χ3n) is 4.85. The van der Waals surface area contributed by atoms with E-state index in [0.29, 0.717) is 0 Å². The van der Waals surface area contributed by atoms with Gasteiger partial charge in [-0.25, -0.2) is 0 Å². The number of rotatable bonds is 18. The third kappa shape index (κ3) is 23.0. The van der Waals surface area contributed by atoms with Gasteiger partial charge in [0.1, 0.15) is 0 Å². The summed E-state index contributed by atoms with van der Waals surface area (Å²) in [5.41, 5.74) is 0. The van der Waals surface area contributed by atoms with Gasteiger partial charge in [0.05, 0.1) is 0 Å². The van der Waals surface area contributed by atoms with Crippen molar-refractivity contribution < 1.29 is 0 Å². The lowest BCUT2D eigenvalue weighted by molar-refractivity contribution is 0.592. The van der Waals surface area contributed by atoms with E-state index in [0.717, 1.165) is 12.8 Å². The summed E-state index contributed by atoms with van der Waals surface area (Å²) in [4.78, 5) is 0. The monoisotopic (exact) mass is 358 g/mol. The molecule has 0 heteroatoms. The molecule has 0 aliphatic heterocycles. The molecule has 0 radical (unpaired) electrons. The van der Waals surface area contributed by atoms with E-state index in [1.807, 2.05) is 0 Å². The Labute approximate surface area is 165 Å². The zero-order valence-corrected chi connectivity index (χ0v) is 18.0. The van der Waals surface area contributed by atoms with Crippen LogP contribution in [0.4, 0.5) is 0 Å². The van der Waals surface area contributed by atoms with Crippen LogP contribution in [0.5, 0.6) is 0 Å². The molecule has 0 nitrogen and oxygen atoms in total. The summed E-state index contributed by atoms with van der Waals surface area (Å²) >= 11 is 0. The molecule has 0 bridgehead atoms. The van der Waals surface area contributed by atoms with Crippen molar-refractivity contribution in [3.63, 3.8) is 0 Å². The SMILES string of the molecule is CCCCCCCCC/C=C\CC#CC/C=C\CCCCCCCCC. The summed E-state index contributed by atoms with van der Waals surface area (Å²) in [5.74, 6) is 6.51. The maximum absolute atomic E-state index is 3.25. The molecule has 0 spiro atoms. The summed E-state index contributed by atoms with van der Waals surface area (Å²) < 4.78 is 0. The van der Waals surface area contributed by atoms with Crippen LogP contribution >= 0.6 is 0 Å². The lowest BCUT2D eigenvalue weighted by atomic mass is 10.1. The Balaban J connectivity index is 3.28. The maximum Gasteiger partial charge on any atom is 0.0269 e. The minimum absolute atomic E-state index is 0.919. The van der Waals surface area contributed by atoms with Crippen LogP contribution in [-0.2, 0) is 0 Å². The van der Waals surface area contributed by atoms with Gasteiger partial charge in [0.15, 0.2) is 0 Å². The minimum Gasteiger partial charge on any atom is -0.0988 e. The normalized spacial score (nSPS) is 11.3. The first kappa shape index (κ1) is 25.0. The average Bonchev–Trinajstić information content (AvgIpc) is 2.66. The average molecular weight is 359 g/mol. The first-order valence-corrected chi connectivity index (χ1v) is 11.7. The van der Waals surface area contributed by atoms with Crippen LogP contribution in [0.2, 0.25) is 0 Å². The van der Waals surface area contributed by atoms with Crippen molar-refractivity contribution in [2.24, 2.45) is 0 Å². The Morgan fingerprint density at radius 3 is 1.15 bits per heavy atom. The molecule has 0 atom stereocenters. The van der Waals surface area contributed by atoms with Gasteiger partial charge in [0.2, 0.25) is 0 Å². The molecular formula is C26H46. The van der Waals surface area contributed by atoms with Crippen molar-refractivity contribution in [2.45, 2.75) is 129 Å². The summed E-state index contributed by atoms with van der Waals surface area (Å²) in [6.45, 7) is 4.56. The molecule has 0 heterocycles. The number of hydrogen-bond donors (Lipinski definition) is 0. The minimum atomic E-state index is 0.919. The zero-order valence-electron chi connectivity index (χ0n) is 18.0. The predicted molar refractivity (Wildman–Crippen MR) is 121 cm³/mol. The van der Waals surface area contributed by atoms with Gasteiger partial charge >= 0.3 is 0 Å². The number of allylic oxidation sites excluding steroid dienone is 4. The maximum atomic E-state index is 3.25. The van der Waals surface area contributed by atoms with E-state index in [9.17, 15) is 0 Å². The molecule has 0 aliphatic rings. The number of hydrogen-bond acceptors (Lipinski definition) is 0. The fourth-order valence-corrected chi connectivity index (χ4v) is 3.10. The molecule has 0 saturated heterocycles. The second-order valence-corrected chi connectivity index (χ2v) is 7.52. The molecule has 0 fully saturated rings. The first-order chi connectivity index (χ1) is 12.9. The largest absolute Gasteiger partial charge is 0.0988 e. The summed E-state index contributed by atoms with van der Waals surface area (Å²) in [6, 6.07) is 0. The van der Waals surface area contributed by atoms with E-state index in [4.69, 9.17) is 0 Å². The van der Waals surface area contributed by atoms with Crippen molar-refractivity contribution in [3.8, 4) is 11.8 Å². The van der Waals surface area contributed by atoms with E-state index >= 15 is 0 Å². The van der Waals surface area contributed by atoms with Gasteiger partial charge < -0.3 is 0 Å². The lowest BCUT2D eigenvalue weighted by Crippen LogP contribution is -1.78. The van der Waals surface area contributed by atoms with Gasteiger partial charge in [0, 0.05) is 12.8 Å². The first-order valence-electron chi connectivity index (χ1n) is 11.7. The molecule has 0 N–H and O–H groups in total. The van der Waals surface area contributed by atoms with Crippen molar-refractivity contribution in [3.05, 3.63) is 24.3 Å². The second kappa shape index (κ2) is 24.0.